The minimum atomic E-state index is -0.651. The van der Waals surface area contributed by atoms with E-state index in [2.05, 4.69) is 5.32 Å². The fourth-order valence-corrected chi connectivity index (χ4v) is 2.36. The number of anilines is 1. The van der Waals surface area contributed by atoms with Crippen molar-refractivity contribution in [3.63, 3.8) is 0 Å². The van der Waals surface area contributed by atoms with Gasteiger partial charge >= 0.3 is 0 Å². The van der Waals surface area contributed by atoms with Gasteiger partial charge < -0.3 is 5.32 Å². The van der Waals surface area contributed by atoms with Crippen molar-refractivity contribution in [2.24, 2.45) is 0 Å². The molecule has 1 aromatic carbocycles. The number of Topliss-reactive ketones (excluding diaryl/α,β-unsaturated/α-hetero) is 2. The first kappa shape index (κ1) is 12.1. The van der Waals surface area contributed by atoms with Crippen molar-refractivity contribution in [3.05, 3.63) is 23.8 Å². The van der Waals surface area contributed by atoms with Crippen LogP contribution in [-0.4, -0.2) is 29.1 Å². The molecule has 0 unspecified atom stereocenters. The summed E-state index contributed by atoms with van der Waals surface area (Å²) in [5, 5.41) is 2.66. The second-order valence-corrected chi connectivity index (χ2v) is 4.72. The summed E-state index contributed by atoms with van der Waals surface area (Å²) < 4.78 is 0. The van der Waals surface area contributed by atoms with Crippen LogP contribution in [0, 0.1) is 0 Å². The number of halogens is 1. The Morgan fingerprint density at radius 2 is 2.18 bits per heavy atom. The Morgan fingerprint density at radius 1 is 1.41 bits per heavy atom. The second kappa shape index (κ2) is 4.89. The number of nitrogens with one attached hydrogen (secondary N) is 1. The molecule has 0 bridgehead atoms. The van der Waals surface area contributed by atoms with Gasteiger partial charge in [0.2, 0.25) is 17.5 Å². The van der Waals surface area contributed by atoms with Crippen LogP contribution in [0.2, 0.25) is 0 Å². The summed E-state index contributed by atoms with van der Waals surface area (Å²) in [5.41, 5.74) is 0.816. The highest BCUT2D eigenvalue weighted by Crippen LogP contribution is 2.32. The lowest BCUT2D eigenvalue weighted by molar-refractivity contribution is -0.114. The number of ketones is 2. The smallest absolute Gasteiger partial charge is 0.234 e. The van der Waals surface area contributed by atoms with Gasteiger partial charge in [-0.15, -0.1) is 23.4 Å². The molecule has 1 aliphatic rings. The maximum Gasteiger partial charge on any atom is 0.234 e. The summed E-state index contributed by atoms with van der Waals surface area (Å²) >= 11 is 6.72. The van der Waals surface area contributed by atoms with Crippen molar-refractivity contribution in [2.45, 2.75) is 4.90 Å². The van der Waals surface area contributed by atoms with E-state index in [4.69, 9.17) is 11.6 Å². The molecule has 17 heavy (non-hydrogen) atoms. The van der Waals surface area contributed by atoms with Crippen LogP contribution < -0.4 is 5.32 Å². The highest BCUT2D eigenvalue weighted by Gasteiger charge is 2.20. The summed E-state index contributed by atoms with van der Waals surface area (Å²) in [6.07, 6.45) is 0. The molecule has 0 saturated heterocycles. The lowest BCUT2D eigenvalue weighted by atomic mass is 10.1. The van der Waals surface area contributed by atoms with Crippen molar-refractivity contribution < 1.29 is 14.4 Å². The van der Waals surface area contributed by atoms with E-state index in [0.717, 1.165) is 4.90 Å². The summed E-state index contributed by atoms with van der Waals surface area (Å²) in [6, 6.07) is 4.79. The van der Waals surface area contributed by atoms with E-state index < -0.39 is 11.6 Å². The van der Waals surface area contributed by atoms with E-state index in [9.17, 15) is 14.4 Å². The summed E-state index contributed by atoms with van der Waals surface area (Å²) in [4.78, 5) is 34.8. The van der Waals surface area contributed by atoms with Gasteiger partial charge in [-0.3, -0.25) is 14.4 Å². The van der Waals surface area contributed by atoms with Crippen molar-refractivity contribution in [1.29, 1.82) is 0 Å². The molecule has 0 spiro atoms. The molecule has 4 nitrogen and oxygen atoms in total. The fourth-order valence-electron chi connectivity index (χ4n) is 1.45. The molecule has 1 N–H and O–H groups in total. The van der Waals surface area contributed by atoms with Crippen LogP contribution >= 0.6 is 23.4 Å². The molecule has 0 radical (unpaired) electrons. The Hall–Kier alpha value is -1.33. The molecule has 0 saturated carbocycles. The lowest BCUT2D eigenvalue weighted by Gasteiger charge is -2.16. The first-order valence-electron chi connectivity index (χ1n) is 4.82. The van der Waals surface area contributed by atoms with Crippen LogP contribution in [0.3, 0.4) is 0 Å². The Kier molecular flexibility index (Phi) is 3.49. The monoisotopic (exact) mass is 269 g/mol. The van der Waals surface area contributed by atoms with E-state index in [0.29, 0.717) is 11.4 Å². The van der Waals surface area contributed by atoms with Gasteiger partial charge in [0.25, 0.3) is 0 Å². The van der Waals surface area contributed by atoms with Crippen LogP contribution in [-0.2, 0) is 9.59 Å². The molecule has 0 aromatic heterocycles. The maximum atomic E-state index is 11.6. The predicted molar refractivity (Wildman–Crippen MR) is 65.9 cm³/mol. The van der Waals surface area contributed by atoms with Crippen LogP contribution in [0.5, 0.6) is 0 Å². The summed E-state index contributed by atoms with van der Waals surface area (Å²) in [5.74, 6) is -1.37. The van der Waals surface area contributed by atoms with Gasteiger partial charge in [0.05, 0.1) is 17.3 Å². The van der Waals surface area contributed by atoms with E-state index in [1.54, 1.807) is 12.1 Å². The minimum Gasteiger partial charge on any atom is -0.324 e. The second-order valence-electron chi connectivity index (χ2n) is 3.43. The molecule has 1 aliphatic heterocycles. The first-order chi connectivity index (χ1) is 8.11. The number of carbonyl (C=O) groups is 3. The number of thioether (sulfide) groups is 1. The molecule has 0 atom stereocenters. The normalized spacial score (nSPS) is 13.8. The molecular formula is C11H8ClNO3S. The van der Waals surface area contributed by atoms with Gasteiger partial charge in [-0.25, -0.2) is 0 Å². The zero-order chi connectivity index (χ0) is 12.4. The highest BCUT2D eigenvalue weighted by molar-refractivity contribution is 8.00. The molecule has 0 aliphatic carbocycles. The number of fused-ring (bicyclic) bond motifs is 1. The zero-order valence-corrected chi connectivity index (χ0v) is 10.2. The van der Waals surface area contributed by atoms with Crippen LogP contribution in [0.25, 0.3) is 0 Å². The molecule has 2 rings (SSSR count). The number of rotatable bonds is 3. The standard InChI is InChI=1S/C11H8ClNO3S/c12-4-8(14)11(16)6-1-2-9-7(3-6)13-10(15)5-17-9/h1-3H,4-5H2,(H,13,15). The first-order valence-corrected chi connectivity index (χ1v) is 6.34. The van der Waals surface area contributed by atoms with Gasteiger partial charge in [-0.2, -0.15) is 0 Å². The molecule has 1 amide bonds. The molecule has 88 valence electrons. The molecule has 0 fully saturated rings. The molecular weight excluding hydrogens is 262 g/mol. The fraction of sp³-hybridized carbons (Fsp3) is 0.182. The van der Waals surface area contributed by atoms with Crippen LogP contribution in [0.15, 0.2) is 23.1 Å². The molecule has 6 heteroatoms. The molecule has 1 heterocycles. The SMILES string of the molecule is O=C1CSc2ccc(C(=O)C(=O)CCl)cc2N1. The number of hydrogen-bond acceptors (Lipinski definition) is 4. The van der Waals surface area contributed by atoms with Crippen molar-refractivity contribution in [2.75, 3.05) is 16.9 Å². The Labute approximate surface area is 107 Å². The van der Waals surface area contributed by atoms with Gasteiger partial charge in [0, 0.05) is 10.5 Å². The Bertz CT molecular complexity index is 515. The van der Waals surface area contributed by atoms with Crippen molar-refractivity contribution in [3.8, 4) is 0 Å². The van der Waals surface area contributed by atoms with E-state index in [1.807, 2.05) is 0 Å². The quantitative estimate of drug-likeness (QED) is 0.516. The van der Waals surface area contributed by atoms with Crippen LogP contribution in [0.1, 0.15) is 10.4 Å². The van der Waals surface area contributed by atoms with Crippen molar-refractivity contribution >= 4 is 46.5 Å². The number of amides is 1. The number of alkyl halides is 1. The molecule has 1 aromatic rings. The van der Waals surface area contributed by atoms with E-state index >= 15 is 0 Å². The van der Waals surface area contributed by atoms with Crippen LogP contribution in [0.4, 0.5) is 5.69 Å². The average molecular weight is 270 g/mol. The number of benzene rings is 1. The van der Waals surface area contributed by atoms with Gasteiger partial charge in [0.15, 0.2) is 0 Å². The largest absolute Gasteiger partial charge is 0.324 e. The third kappa shape index (κ3) is 2.50. The lowest BCUT2D eigenvalue weighted by Crippen LogP contribution is -2.20. The summed E-state index contributed by atoms with van der Waals surface area (Å²) in [6.45, 7) is 0. The third-order valence-corrected chi connectivity index (χ3v) is 3.57. The Morgan fingerprint density at radius 3 is 2.88 bits per heavy atom. The number of carbonyl (C=O) groups excluding carboxylic acids is 3. The average Bonchev–Trinajstić information content (AvgIpc) is 2.36. The maximum absolute atomic E-state index is 11.6. The Balaban J connectivity index is 2.33. The summed E-state index contributed by atoms with van der Waals surface area (Å²) in [7, 11) is 0. The van der Waals surface area contributed by atoms with Crippen molar-refractivity contribution in [1.82, 2.24) is 0 Å². The highest BCUT2D eigenvalue weighted by atomic mass is 35.5. The van der Waals surface area contributed by atoms with E-state index in [-0.39, 0.29) is 17.4 Å². The third-order valence-electron chi connectivity index (χ3n) is 2.25. The topological polar surface area (TPSA) is 63.2 Å². The van der Waals surface area contributed by atoms with Gasteiger partial charge in [0.1, 0.15) is 0 Å². The van der Waals surface area contributed by atoms with Gasteiger partial charge in [-0.05, 0) is 18.2 Å². The van der Waals surface area contributed by atoms with Gasteiger partial charge in [-0.1, -0.05) is 0 Å². The zero-order valence-electron chi connectivity index (χ0n) is 8.66. The number of hydrogen-bond donors (Lipinski definition) is 1. The van der Waals surface area contributed by atoms with E-state index in [1.165, 1.54) is 17.8 Å². The minimum absolute atomic E-state index is 0.115. The predicted octanol–water partition coefficient (Wildman–Crippen LogP) is 1.72.